The molecule has 0 aromatic carbocycles. The molecule has 5 heteroatoms. The van der Waals surface area contributed by atoms with Crippen molar-refractivity contribution < 1.29 is 4.74 Å². The maximum absolute atomic E-state index is 6.15. The Morgan fingerprint density at radius 3 is 2.79 bits per heavy atom. The molecule has 1 aromatic heterocycles. The Bertz CT molecular complexity index is 286. The van der Waals surface area contributed by atoms with Crippen molar-refractivity contribution in [2.45, 2.75) is 25.3 Å². The first-order valence-corrected chi connectivity index (χ1v) is 4.72. The molecule has 0 saturated heterocycles. The molecule has 14 heavy (non-hydrogen) atoms. The second kappa shape index (κ2) is 4.52. The van der Waals surface area contributed by atoms with Crippen molar-refractivity contribution in [2.75, 3.05) is 13.7 Å². The predicted octanol–water partition coefficient (Wildman–Crippen LogP) is 0.111. The summed E-state index contributed by atoms with van der Waals surface area (Å²) in [5.74, 6) is 0. The number of hydrogen-bond acceptors (Lipinski definition) is 4. The second-order valence-corrected chi connectivity index (χ2v) is 3.71. The lowest BCUT2D eigenvalue weighted by Crippen LogP contribution is -2.45. The number of ether oxygens (including phenoxy) is 1. The zero-order valence-corrected chi connectivity index (χ0v) is 9.03. The molecule has 1 atom stereocenters. The van der Waals surface area contributed by atoms with E-state index in [9.17, 15) is 0 Å². The monoisotopic (exact) mass is 198 g/mol. The van der Waals surface area contributed by atoms with E-state index in [0.29, 0.717) is 13.0 Å². The van der Waals surface area contributed by atoms with Crippen LogP contribution in [-0.2, 0) is 18.2 Å². The fourth-order valence-electron chi connectivity index (χ4n) is 1.40. The van der Waals surface area contributed by atoms with Gasteiger partial charge in [-0.3, -0.25) is 4.68 Å². The first kappa shape index (κ1) is 11.1. The van der Waals surface area contributed by atoms with E-state index in [1.165, 1.54) is 0 Å². The minimum atomic E-state index is -0.329. The zero-order chi connectivity index (χ0) is 10.6. The Morgan fingerprint density at radius 1 is 1.64 bits per heavy atom. The molecule has 0 radical (unpaired) electrons. The van der Waals surface area contributed by atoms with Crippen LogP contribution in [-0.4, -0.2) is 34.2 Å². The molecule has 0 spiro atoms. The summed E-state index contributed by atoms with van der Waals surface area (Å²) in [5, 5.41) is 7.87. The summed E-state index contributed by atoms with van der Waals surface area (Å²) in [5.41, 5.74) is 6.73. The van der Waals surface area contributed by atoms with Crippen LogP contribution in [0.5, 0.6) is 0 Å². The van der Waals surface area contributed by atoms with Crippen molar-refractivity contribution in [2.24, 2.45) is 12.8 Å². The third kappa shape index (κ3) is 2.78. The molecular weight excluding hydrogens is 180 g/mol. The Hall–Kier alpha value is -0.940. The number of methoxy groups -OCH3 is 1. The van der Waals surface area contributed by atoms with Gasteiger partial charge in [0.1, 0.15) is 0 Å². The number of aryl methyl sites for hydroxylation is 1. The van der Waals surface area contributed by atoms with Gasteiger partial charge in [-0.15, -0.1) is 5.10 Å². The molecule has 0 fully saturated rings. The van der Waals surface area contributed by atoms with Crippen molar-refractivity contribution in [1.82, 2.24) is 15.0 Å². The SMILES string of the molecule is CCC(N)(COC)Cc1cn(C)nn1. The molecule has 0 aliphatic heterocycles. The lowest BCUT2D eigenvalue weighted by atomic mass is 9.93. The lowest BCUT2D eigenvalue weighted by molar-refractivity contribution is 0.128. The van der Waals surface area contributed by atoms with Crippen molar-refractivity contribution >= 4 is 0 Å². The highest BCUT2D eigenvalue weighted by molar-refractivity contribution is 5.01. The smallest absolute Gasteiger partial charge is 0.0846 e. The molecule has 5 nitrogen and oxygen atoms in total. The van der Waals surface area contributed by atoms with E-state index < -0.39 is 0 Å². The summed E-state index contributed by atoms with van der Waals surface area (Å²) in [7, 11) is 3.50. The van der Waals surface area contributed by atoms with Gasteiger partial charge in [0.2, 0.25) is 0 Å². The zero-order valence-electron chi connectivity index (χ0n) is 9.03. The van der Waals surface area contributed by atoms with E-state index >= 15 is 0 Å². The van der Waals surface area contributed by atoms with Crippen molar-refractivity contribution in [3.8, 4) is 0 Å². The number of hydrogen-bond donors (Lipinski definition) is 1. The van der Waals surface area contributed by atoms with Crippen LogP contribution in [0.25, 0.3) is 0 Å². The van der Waals surface area contributed by atoms with Crippen LogP contribution in [0.3, 0.4) is 0 Å². The molecule has 0 bridgehead atoms. The van der Waals surface area contributed by atoms with Gasteiger partial charge in [0.15, 0.2) is 0 Å². The largest absolute Gasteiger partial charge is 0.383 e. The van der Waals surface area contributed by atoms with Crippen LogP contribution >= 0.6 is 0 Å². The molecule has 0 aliphatic rings. The van der Waals surface area contributed by atoms with Gasteiger partial charge in [-0.1, -0.05) is 12.1 Å². The summed E-state index contributed by atoms with van der Waals surface area (Å²) in [6.45, 7) is 2.59. The molecule has 80 valence electrons. The number of nitrogens with zero attached hydrogens (tertiary/aromatic N) is 3. The highest BCUT2D eigenvalue weighted by atomic mass is 16.5. The Morgan fingerprint density at radius 2 is 2.36 bits per heavy atom. The molecule has 0 saturated carbocycles. The van der Waals surface area contributed by atoms with E-state index in [1.54, 1.807) is 11.8 Å². The minimum absolute atomic E-state index is 0.329. The van der Waals surface area contributed by atoms with Crippen molar-refractivity contribution in [3.63, 3.8) is 0 Å². The van der Waals surface area contributed by atoms with E-state index in [1.807, 2.05) is 13.2 Å². The number of aromatic nitrogens is 3. The average molecular weight is 198 g/mol. The summed E-state index contributed by atoms with van der Waals surface area (Å²) < 4.78 is 6.78. The van der Waals surface area contributed by atoms with Gasteiger partial charge < -0.3 is 10.5 Å². The topological polar surface area (TPSA) is 66.0 Å². The summed E-state index contributed by atoms with van der Waals surface area (Å²) >= 11 is 0. The Kier molecular flexibility index (Phi) is 3.60. The second-order valence-electron chi connectivity index (χ2n) is 3.71. The van der Waals surface area contributed by atoms with Crippen molar-refractivity contribution in [1.29, 1.82) is 0 Å². The fourth-order valence-corrected chi connectivity index (χ4v) is 1.40. The minimum Gasteiger partial charge on any atom is -0.383 e. The summed E-state index contributed by atoms with van der Waals surface area (Å²) in [6, 6.07) is 0. The molecule has 0 amide bonds. The van der Waals surface area contributed by atoms with Gasteiger partial charge in [0, 0.05) is 32.3 Å². The van der Waals surface area contributed by atoms with Crippen LogP contribution in [0.1, 0.15) is 19.0 Å². The van der Waals surface area contributed by atoms with Gasteiger partial charge in [-0.05, 0) is 6.42 Å². The van der Waals surface area contributed by atoms with Crippen LogP contribution in [0, 0.1) is 0 Å². The third-order valence-electron chi connectivity index (χ3n) is 2.32. The van der Waals surface area contributed by atoms with Gasteiger partial charge in [0.05, 0.1) is 12.3 Å². The molecule has 2 N–H and O–H groups in total. The number of rotatable bonds is 5. The van der Waals surface area contributed by atoms with Crippen LogP contribution in [0.4, 0.5) is 0 Å². The highest BCUT2D eigenvalue weighted by Crippen LogP contribution is 2.13. The lowest BCUT2D eigenvalue weighted by Gasteiger charge is -2.25. The van der Waals surface area contributed by atoms with E-state index in [-0.39, 0.29) is 5.54 Å². The maximum atomic E-state index is 6.15. The van der Waals surface area contributed by atoms with Crippen LogP contribution in [0.2, 0.25) is 0 Å². The van der Waals surface area contributed by atoms with Gasteiger partial charge in [-0.2, -0.15) is 0 Å². The van der Waals surface area contributed by atoms with E-state index in [2.05, 4.69) is 17.2 Å². The molecular formula is C9H18N4O. The quantitative estimate of drug-likeness (QED) is 0.729. The Balaban J connectivity index is 2.64. The first-order valence-electron chi connectivity index (χ1n) is 4.72. The molecule has 1 rings (SSSR count). The van der Waals surface area contributed by atoms with Crippen LogP contribution < -0.4 is 5.73 Å². The van der Waals surface area contributed by atoms with E-state index in [0.717, 1.165) is 12.1 Å². The first-order chi connectivity index (χ1) is 6.59. The summed E-state index contributed by atoms with van der Waals surface area (Å²) in [4.78, 5) is 0. The molecule has 0 aliphatic carbocycles. The average Bonchev–Trinajstić information content (AvgIpc) is 2.51. The van der Waals surface area contributed by atoms with Gasteiger partial charge >= 0.3 is 0 Å². The highest BCUT2D eigenvalue weighted by Gasteiger charge is 2.24. The van der Waals surface area contributed by atoms with Crippen LogP contribution in [0.15, 0.2) is 6.20 Å². The molecule has 1 heterocycles. The maximum Gasteiger partial charge on any atom is 0.0846 e. The Labute approximate surface area is 84.2 Å². The fraction of sp³-hybridized carbons (Fsp3) is 0.778. The predicted molar refractivity (Wildman–Crippen MR) is 53.8 cm³/mol. The molecule has 1 aromatic rings. The van der Waals surface area contributed by atoms with Crippen molar-refractivity contribution in [3.05, 3.63) is 11.9 Å². The molecule has 1 unspecified atom stereocenters. The van der Waals surface area contributed by atoms with Gasteiger partial charge in [-0.25, -0.2) is 0 Å². The normalized spacial score (nSPS) is 15.4. The van der Waals surface area contributed by atoms with Gasteiger partial charge in [0.25, 0.3) is 0 Å². The third-order valence-corrected chi connectivity index (χ3v) is 2.32. The number of nitrogens with two attached hydrogens (primary N) is 1. The van der Waals surface area contributed by atoms with E-state index in [4.69, 9.17) is 10.5 Å². The standard InChI is InChI=1S/C9H18N4O/c1-4-9(10,7-14-3)5-8-6-13(2)12-11-8/h6H,4-5,7,10H2,1-3H3. The summed E-state index contributed by atoms with van der Waals surface area (Å²) in [6.07, 6.45) is 3.44.